The number of hydrogen-bond donors (Lipinski definition) is 2. The lowest BCUT2D eigenvalue weighted by Crippen LogP contribution is -2.20. The molecule has 5 heteroatoms. The minimum Gasteiger partial charge on any atom is -0.366 e. The van der Waals surface area contributed by atoms with E-state index in [1.165, 1.54) is 19.3 Å². The third kappa shape index (κ3) is 3.73. The van der Waals surface area contributed by atoms with Crippen LogP contribution in [-0.2, 0) is 0 Å². The minimum atomic E-state index is 0.458. The molecule has 0 amide bonds. The fraction of sp³-hybridized carbons (Fsp3) is 0.692. The second-order valence-corrected chi connectivity index (χ2v) is 5.26. The van der Waals surface area contributed by atoms with Gasteiger partial charge in [-0.1, -0.05) is 31.4 Å². The van der Waals surface area contributed by atoms with Crippen molar-refractivity contribution in [2.45, 2.75) is 45.6 Å². The first kappa shape index (κ1) is 13.4. The highest BCUT2D eigenvalue weighted by Gasteiger charge is 2.25. The topological polar surface area (TPSA) is 49.8 Å². The molecule has 100 valence electrons. The molecule has 18 heavy (non-hydrogen) atoms. The molecular formula is C13H21ClN4. The van der Waals surface area contributed by atoms with Crippen LogP contribution in [0.25, 0.3) is 0 Å². The third-order valence-electron chi connectivity index (χ3n) is 3.23. The van der Waals surface area contributed by atoms with Gasteiger partial charge in [-0.25, -0.2) is 4.98 Å². The van der Waals surface area contributed by atoms with E-state index < -0.39 is 0 Å². The van der Waals surface area contributed by atoms with Crippen LogP contribution in [0.4, 0.5) is 11.8 Å². The molecule has 0 aromatic carbocycles. The van der Waals surface area contributed by atoms with Crippen molar-refractivity contribution in [1.29, 1.82) is 0 Å². The summed E-state index contributed by atoms with van der Waals surface area (Å²) in [5.74, 6) is 2.28. The molecule has 1 heterocycles. The summed E-state index contributed by atoms with van der Waals surface area (Å²) in [6.07, 6.45) is 6.70. The number of hydrogen-bond acceptors (Lipinski definition) is 4. The van der Waals surface area contributed by atoms with Crippen molar-refractivity contribution in [2.24, 2.45) is 5.92 Å². The van der Waals surface area contributed by atoms with Crippen molar-refractivity contribution in [3.05, 3.63) is 11.2 Å². The van der Waals surface area contributed by atoms with E-state index >= 15 is 0 Å². The highest BCUT2D eigenvalue weighted by atomic mass is 35.5. The lowest BCUT2D eigenvalue weighted by molar-refractivity contribution is 0.585. The molecule has 0 saturated heterocycles. The summed E-state index contributed by atoms with van der Waals surface area (Å²) in [4.78, 5) is 8.55. The largest absolute Gasteiger partial charge is 0.366 e. The Morgan fingerprint density at radius 3 is 2.83 bits per heavy atom. The van der Waals surface area contributed by atoms with Crippen LogP contribution in [0.5, 0.6) is 0 Å². The Kier molecular flexibility index (Phi) is 4.64. The number of rotatable bonds is 7. The molecule has 1 aliphatic rings. The highest BCUT2D eigenvalue weighted by Crippen LogP contribution is 2.35. The number of aromatic nitrogens is 2. The van der Waals surface area contributed by atoms with Crippen molar-refractivity contribution in [1.82, 2.24) is 9.97 Å². The zero-order valence-corrected chi connectivity index (χ0v) is 11.8. The van der Waals surface area contributed by atoms with E-state index in [1.807, 2.05) is 6.92 Å². The quantitative estimate of drug-likeness (QED) is 0.794. The number of nitrogens with one attached hydrogen (secondary N) is 2. The van der Waals surface area contributed by atoms with Crippen LogP contribution in [-0.4, -0.2) is 22.6 Å². The molecule has 1 unspecified atom stereocenters. The normalized spacial score (nSPS) is 16.4. The summed E-state index contributed by atoms with van der Waals surface area (Å²) in [5.41, 5.74) is 0. The monoisotopic (exact) mass is 268 g/mol. The number of nitrogens with zero attached hydrogens (tertiary/aromatic N) is 2. The van der Waals surface area contributed by atoms with Gasteiger partial charge in [-0.3, -0.25) is 0 Å². The van der Waals surface area contributed by atoms with Gasteiger partial charge < -0.3 is 10.6 Å². The molecule has 0 bridgehead atoms. The molecule has 1 aromatic heterocycles. The average Bonchev–Trinajstić information content (AvgIpc) is 3.16. The van der Waals surface area contributed by atoms with Gasteiger partial charge in [0.1, 0.15) is 5.02 Å². The van der Waals surface area contributed by atoms with Crippen LogP contribution in [0.3, 0.4) is 0 Å². The van der Waals surface area contributed by atoms with Crippen LogP contribution in [0.2, 0.25) is 5.02 Å². The summed E-state index contributed by atoms with van der Waals surface area (Å²) in [7, 11) is 0. The zero-order chi connectivity index (χ0) is 13.0. The summed E-state index contributed by atoms with van der Waals surface area (Å²) in [6, 6.07) is 0.458. The number of anilines is 2. The average molecular weight is 269 g/mol. The van der Waals surface area contributed by atoms with Crippen molar-refractivity contribution >= 4 is 23.4 Å². The molecule has 1 saturated carbocycles. The minimum absolute atomic E-state index is 0.458. The Bertz CT molecular complexity index is 393. The Hall–Kier alpha value is -1.03. The van der Waals surface area contributed by atoms with Gasteiger partial charge in [0.2, 0.25) is 5.95 Å². The van der Waals surface area contributed by atoms with E-state index in [-0.39, 0.29) is 0 Å². The predicted octanol–water partition coefficient (Wildman–Crippen LogP) is 3.55. The van der Waals surface area contributed by atoms with E-state index in [4.69, 9.17) is 11.6 Å². The SMILES string of the molecule is CCNc1ncc(Cl)c(NC(CC)CC2CC2)n1. The maximum absolute atomic E-state index is 6.13. The van der Waals surface area contributed by atoms with E-state index in [9.17, 15) is 0 Å². The van der Waals surface area contributed by atoms with Crippen molar-refractivity contribution in [3.63, 3.8) is 0 Å². The Morgan fingerprint density at radius 2 is 2.22 bits per heavy atom. The van der Waals surface area contributed by atoms with E-state index in [0.717, 1.165) is 24.7 Å². The second kappa shape index (κ2) is 6.23. The van der Waals surface area contributed by atoms with Crippen LogP contribution < -0.4 is 10.6 Å². The molecule has 1 fully saturated rings. The Morgan fingerprint density at radius 1 is 1.44 bits per heavy atom. The maximum Gasteiger partial charge on any atom is 0.224 e. The standard InChI is InChI=1S/C13H21ClN4/c1-3-10(7-9-5-6-9)17-12-11(14)8-16-13(18-12)15-4-2/h8-10H,3-7H2,1-2H3,(H2,15,16,17,18). The smallest absolute Gasteiger partial charge is 0.224 e. The number of halogens is 1. The van der Waals surface area contributed by atoms with Gasteiger partial charge in [-0.15, -0.1) is 0 Å². The Labute approximate surface area is 114 Å². The van der Waals surface area contributed by atoms with E-state index in [1.54, 1.807) is 6.20 Å². The van der Waals surface area contributed by atoms with E-state index in [0.29, 0.717) is 17.0 Å². The molecule has 1 aliphatic carbocycles. The molecule has 1 atom stereocenters. The second-order valence-electron chi connectivity index (χ2n) is 4.85. The molecule has 4 nitrogen and oxygen atoms in total. The highest BCUT2D eigenvalue weighted by molar-refractivity contribution is 6.32. The zero-order valence-electron chi connectivity index (χ0n) is 11.0. The van der Waals surface area contributed by atoms with Gasteiger partial charge in [-0.05, 0) is 25.7 Å². The first-order valence-electron chi connectivity index (χ1n) is 6.75. The van der Waals surface area contributed by atoms with Gasteiger partial charge >= 0.3 is 0 Å². The molecule has 2 rings (SSSR count). The maximum atomic E-state index is 6.13. The van der Waals surface area contributed by atoms with Crippen LogP contribution in [0.1, 0.15) is 39.5 Å². The summed E-state index contributed by atoms with van der Waals surface area (Å²) >= 11 is 6.13. The van der Waals surface area contributed by atoms with Crippen molar-refractivity contribution in [2.75, 3.05) is 17.2 Å². The van der Waals surface area contributed by atoms with Crippen LogP contribution in [0, 0.1) is 5.92 Å². The first-order chi connectivity index (χ1) is 8.72. The summed E-state index contributed by atoms with van der Waals surface area (Å²) in [5, 5.41) is 7.13. The van der Waals surface area contributed by atoms with Gasteiger partial charge in [0.05, 0.1) is 6.20 Å². The molecule has 0 spiro atoms. The summed E-state index contributed by atoms with van der Waals surface area (Å²) < 4.78 is 0. The van der Waals surface area contributed by atoms with Crippen molar-refractivity contribution < 1.29 is 0 Å². The molecule has 0 radical (unpaired) electrons. The van der Waals surface area contributed by atoms with Crippen LogP contribution in [0.15, 0.2) is 6.20 Å². The van der Waals surface area contributed by atoms with Gasteiger partial charge in [0.25, 0.3) is 0 Å². The van der Waals surface area contributed by atoms with E-state index in [2.05, 4.69) is 27.5 Å². The van der Waals surface area contributed by atoms with Gasteiger partial charge in [-0.2, -0.15) is 4.98 Å². The molecule has 2 N–H and O–H groups in total. The summed E-state index contributed by atoms with van der Waals surface area (Å²) in [6.45, 7) is 5.02. The molecule has 0 aliphatic heterocycles. The lowest BCUT2D eigenvalue weighted by Gasteiger charge is -2.18. The Balaban J connectivity index is 2.02. The van der Waals surface area contributed by atoms with Gasteiger partial charge in [0, 0.05) is 12.6 Å². The van der Waals surface area contributed by atoms with Gasteiger partial charge in [0.15, 0.2) is 5.82 Å². The fourth-order valence-electron chi connectivity index (χ4n) is 1.99. The lowest BCUT2D eigenvalue weighted by atomic mass is 10.1. The fourth-order valence-corrected chi connectivity index (χ4v) is 2.13. The van der Waals surface area contributed by atoms with Crippen LogP contribution >= 0.6 is 11.6 Å². The van der Waals surface area contributed by atoms with Crippen molar-refractivity contribution in [3.8, 4) is 0 Å². The molecular weight excluding hydrogens is 248 g/mol. The molecule has 1 aromatic rings. The third-order valence-corrected chi connectivity index (χ3v) is 3.50. The first-order valence-corrected chi connectivity index (χ1v) is 7.13. The predicted molar refractivity (Wildman–Crippen MR) is 76.2 cm³/mol.